The van der Waals surface area contributed by atoms with Gasteiger partial charge in [0, 0.05) is 17.8 Å². The van der Waals surface area contributed by atoms with Crippen LogP contribution in [0.15, 0.2) is 5.38 Å². The van der Waals surface area contributed by atoms with Gasteiger partial charge in [-0.15, -0.1) is 11.3 Å². The van der Waals surface area contributed by atoms with Crippen molar-refractivity contribution in [1.29, 1.82) is 0 Å². The molecule has 1 heterocycles. The van der Waals surface area contributed by atoms with E-state index in [0.29, 0.717) is 11.5 Å². The number of rotatable bonds is 4. The molecule has 0 fully saturated rings. The van der Waals surface area contributed by atoms with Crippen LogP contribution >= 0.6 is 11.3 Å². The average Bonchev–Trinajstić information content (AvgIpc) is 2.50. The van der Waals surface area contributed by atoms with E-state index in [9.17, 15) is 0 Å². The first-order valence-corrected chi connectivity index (χ1v) is 6.48. The van der Waals surface area contributed by atoms with Gasteiger partial charge in [-0.3, -0.25) is 0 Å². The average molecular weight is 226 g/mol. The Labute approximate surface area is 97.1 Å². The molecule has 0 spiro atoms. The highest BCUT2D eigenvalue weighted by Gasteiger charge is 2.15. The topological polar surface area (TPSA) is 24.9 Å². The molecule has 15 heavy (non-hydrogen) atoms. The minimum atomic E-state index is 0.330. The van der Waals surface area contributed by atoms with Gasteiger partial charge < -0.3 is 5.32 Å². The van der Waals surface area contributed by atoms with E-state index in [1.807, 2.05) is 0 Å². The zero-order chi connectivity index (χ0) is 11.5. The van der Waals surface area contributed by atoms with Crippen LogP contribution in [0.5, 0.6) is 0 Å². The molecule has 3 heteroatoms. The molecule has 1 aromatic heterocycles. The van der Waals surface area contributed by atoms with Gasteiger partial charge in [-0.25, -0.2) is 4.98 Å². The number of aromatic nitrogens is 1. The van der Waals surface area contributed by atoms with E-state index in [1.54, 1.807) is 11.3 Å². The number of hydrogen-bond acceptors (Lipinski definition) is 3. The van der Waals surface area contributed by atoms with Gasteiger partial charge in [-0.2, -0.15) is 0 Å². The first kappa shape index (κ1) is 12.7. The molecule has 0 aromatic carbocycles. The maximum Gasteiger partial charge on any atom is 0.0934 e. The van der Waals surface area contributed by atoms with Gasteiger partial charge in [0.15, 0.2) is 0 Å². The lowest BCUT2D eigenvalue weighted by Gasteiger charge is -2.15. The second-order valence-electron chi connectivity index (χ2n) is 5.18. The molecule has 0 aliphatic carbocycles. The van der Waals surface area contributed by atoms with Gasteiger partial charge in [0.25, 0.3) is 0 Å². The van der Waals surface area contributed by atoms with Crippen molar-refractivity contribution in [3.05, 3.63) is 16.1 Å². The SMILES string of the molecule is CCNC(C)c1csc(CC(C)(C)C)n1. The third-order valence-corrected chi connectivity index (χ3v) is 3.07. The van der Waals surface area contributed by atoms with E-state index in [0.717, 1.165) is 13.0 Å². The molecule has 0 saturated carbocycles. The largest absolute Gasteiger partial charge is 0.309 e. The van der Waals surface area contributed by atoms with Crippen LogP contribution in [0.3, 0.4) is 0 Å². The molecule has 0 aliphatic heterocycles. The summed E-state index contributed by atoms with van der Waals surface area (Å²) in [6, 6.07) is 0.375. The normalized spacial score (nSPS) is 14.2. The van der Waals surface area contributed by atoms with E-state index in [1.165, 1.54) is 10.7 Å². The number of nitrogens with zero attached hydrogens (tertiary/aromatic N) is 1. The van der Waals surface area contributed by atoms with Crippen LogP contribution in [0.25, 0.3) is 0 Å². The number of nitrogens with one attached hydrogen (secondary N) is 1. The van der Waals surface area contributed by atoms with E-state index in [4.69, 9.17) is 0 Å². The molecule has 2 nitrogen and oxygen atoms in total. The number of thiazole rings is 1. The molecule has 0 amide bonds. The third-order valence-electron chi connectivity index (χ3n) is 2.21. The van der Waals surface area contributed by atoms with Gasteiger partial charge >= 0.3 is 0 Å². The van der Waals surface area contributed by atoms with Gasteiger partial charge in [-0.05, 0) is 18.9 Å². The van der Waals surface area contributed by atoms with Crippen LogP contribution in [0.4, 0.5) is 0 Å². The third kappa shape index (κ3) is 4.31. The molecule has 1 atom stereocenters. The fourth-order valence-electron chi connectivity index (χ4n) is 1.47. The molecule has 86 valence electrons. The van der Waals surface area contributed by atoms with Crippen molar-refractivity contribution >= 4 is 11.3 Å². The Hall–Kier alpha value is -0.410. The van der Waals surface area contributed by atoms with Crippen molar-refractivity contribution in [2.45, 2.75) is 47.1 Å². The van der Waals surface area contributed by atoms with Crippen LogP contribution < -0.4 is 5.32 Å². The summed E-state index contributed by atoms with van der Waals surface area (Å²) >= 11 is 1.78. The van der Waals surface area contributed by atoms with Crippen molar-refractivity contribution in [2.75, 3.05) is 6.54 Å². The zero-order valence-electron chi connectivity index (χ0n) is 10.4. The highest BCUT2D eigenvalue weighted by atomic mass is 32.1. The lowest BCUT2D eigenvalue weighted by molar-refractivity contribution is 0.409. The predicted molar refractivity (Wildman–Crippen MR) is 67.4 cm³/mol. The Kier molecular flexibility index (Phi) is 4.29. The summed E-state index contributed by atoms with van der Waals surface area (Å²) < 4.78 is 0. The standard InChI is InChI=1S/C12H22N2S/c1-6-13-9(2)10-8-15-11(14-10)7-12(3,4)5/h8-9,13H,6-7H2,1-5H3. The van der Waals surface area contributed by atoms with Gasteiger partial charge in [0.05, 0.1) is 10.7 Å². The summed E-state index contributed by atoms with van der Waals surface area (Å²) in [6.45, 7) is 12.0. The maximum atomic E-state index is 4.67. The lowest BCUT2D eigenvalue weighted by atomic mass is 9.93. The highest BCUT2D eigenvalue weighted by molar-refractivity contribution is 7.09. The minimum absolute atomic E-state index is 0.330. The van der Waals surface area contributed by atoms with Crippen LogP contribution in [0.2, 0.25) is 0 Å². The van der Waals surface area contributed by atoms with Crippen LogP contribution in [0, 0.1) is 5.41 Å². The smallest absolute Gasteiger partial charge is 0.0934 e. The van der Waals surface area contributed by atoms with Crippen molar-refractivity contribution in [3.8, 4) is 0 Å². The van der Waals surface area contributed by atoms with Crippen LogP contribution in [-0.4, -0.2) is 11.5 Å². The highest BCUT2D eigenvalue weighted by Crippen LogP contribution is 2.24. The zero-order valence-corrected chi connectivity index (χ0v) is 11.2. The van der Waals surface area contributed by atoms with Crippen molar-refractivity contribution < 1.29 is 0 Å². The Morgan fingerprint density at radius 3 is 2.67 bits per heavy atom. The molecule has 1 aromatic rings. The molecule has 1 N–H and O–H groups in total. The quantitative estimate of drug-likeness (QED) is 0.851. The summed E-state index contributed by atoms with van der Waals surface area (Å²) in [5.74, 6) is 0. The Balaban J connectivity index is 2.64. The molecule has 0 bridgehead atoms. The van der Waals surface area contributed by atoms with E-state index in [2.05, 4.69) is 50.3 Å². The summed E-state index contributed by atoms with van der Waals surface area (Å²) in [5.41, 5.74) is 1.51. The van der Waals surface area contributed by atoms with Crippen LogP contribution in [-0.2, 0) is 6.42 Å². The van der Waals surface area contributed by atoms with Crippen molar-refractivity contribution in [3.63, 3.8) is 0 Å². The van der Waals surface area contributed by atoms with E-state index >= 15 is 0 Å². The van der Waals surface area contributed by atoms with E-state index < -0.39 is 0 Å². The molecule has 0 saturated heterocycles. The van der Waals surface area contributed by atoms with Gasteiger partial charge in [0.2, 0.25) is 0 Å². The Morgan fingerprint density at radius 2 is 2.13 bits per heavy atom. The molecule has 1 rings (SSSR count). The summed E-state index contributed by atoms with van der Waals surface area (Å²) in [4.78, 5) is 4.67. The first-order valence-electron chi connectivity index (χ1n) is 5.60. The monoisotopic (exact) mass is 226 g/mol. The Bertz CT molecular complexity index is 299. The molecular formula is C12H22N2S. The lowest BCUT2D eigenvalue weighted by Crippen LogP contribution is -2.18. The van der Waals surface area contributed by atoms with Gasteiger partial charge in [-0.1, -0.05) is 27.7 Å². The fraction of sp³-hybridized carbons (Fsp3) is 0.750. The van der Waals surface area contributed by atoms with E-state index in [-0.39, 0.29) is 0 Å². The molecular weight excluding hydrogens is 204 g/mol. The molecule has 1 unspecified atom stereocenters. The van der Waals surface area contributed by atoms with Crippen LogP contribution in [0.1, 0.15) is 51.4 Å². The molecule has 0 radical (unpaired) electrons. The van der Waals surface area contributed by atoms with Gasteiger partial charge in [0.1, 0.15) is 0 Å². The fourth-order valence-corrected chi connectivity index (χ4v) is 2.66. The first-order chi connectivity index (χ1) is 6.92. The van der Waals surface area contributed by atoms with Crippen molar-refractivity contribution in [1.82, 2.24) is 10.3 Å². The van der Waals surface area contributed by atoms with Crippen molar-refractivity contribution in [2.24, 2.45) is 5.41 Å². The minimum Gasteiger partial charge on any atom is -0.309 e. The number of hydrogen-bond donors (Lipinski definition) is 1. The molecule has 0 aliphatic rings. The summed E-state index contributed by atoms with van der Waals surface area (Å²) in [7, 11) is 0. The predicted octanol–water partition coefficient (Wildman–Crippen LogP) is 3.40. The second kappa shape index (κ2) is 5.08. The Morgan fingerprint density at radius 1 is 1.47 bits per heavy atom. The second-order valence-corrected chi connectivity index (χ2v) is 6.13. The summed E-state index contributed by atoms with van der Waals surface area (Å²) in [6.07, 6.45) is 1.07. The maximum absolute atomic E-state index is 4.67. The summed E-state index contributed by atoms with van der Waals surface area (Å²) in [5, 5.41) is 6.81.